The third kappa shape index (κ3) is 5.27. The zero-order chi connectivity index (χ0) is 16.3. The van der Waals surface area contributed by atoms with Gasteiger partial charge in [0.15, 0.2) is 9.84 Å². The Labute approximate surface area is 127 Å². The monoisotopic (exact) mass is 356 g/mol. The quantitative estimate of drug-likeness (QED) is 0.422. The van der Waals surface area contributed by atoms with Crippen LogP contribution in [0.4, 0.5) is 0 Å². The molecule has 7 nitrogen and oxygen atoms in total. The van der Waals surface area contributed by atoms with E-state index >= 15 is 0 Å². The summed E-state index contributed by atoms with van der Waals surface area (Å²) in [4.78, 5) is 10.9. The second-order valence-electron chi connectivity index (χ2n) is 4.03. The average Bonchev–Trinajstić information content (AvgIpc) is 2.36. The van der Waals surface area contributed by atoms with Gasteiger partial charge in [-0.25, -0.2) is 21.6 Å². The van der Waals surface area contributed by atoms with E-state index < -0.39 is 29.8 Å². The standard InChI is InChI=1S/C11H13ClO7S2/c1-18-3-4-19-11(13)8-5-9(20(2,14)15)7-10(6-8)21(12,16)17/h5-7H,3-4H2,1-2H3. The number of rotatable bonds is 6. The molecule has 0 aliphatic carbocycles. The third-order valence-corrected chi connectivity index (χ3v) is 4.77. The summed E-state index contributed by atoms with van der Waals surface area (Å²) in [7, 11) is -1.31. The smallest absolute Gasteiger partial charge is 0.338 e. The number of carbonyl (C=O) groups excluding carboxylic acids is 1. The van der Waals surface area contributed by atoms with Crippen molar-refractivity contribution in [3.63, 3.8) is 0 Å². The molecule has 0 fully saturated rings. The van der Waals surface area contributed by atoms with E-state index in [0.717, 1.165) is 24.5 Å². The minimum atomic E-state index is -4.19. The summed E-state index contributed by atoms with van der Waals surface area (Å²) in [6.07, 6.45) is 0.882. The van der Waals surface area contributed by atoms with Crippen LogP contribution >= 0.6 is 10.7 Å². The van der Waals surface area contributed by atoms with E-state index in [1.165, 1.54) is 7.11 Å². The second-order valence-corrected chi connectivity index (χ2v) is 8.61. The molecular formula is C11H13ClO7S2. The van der Waals surface area contributed by atoms with Gasteiger partial charge in [0, 0.05) is 24.0 Å². The number of halogens is 1. The topological polar surface area (TPSA) is 104 Å². The van der Waals surface area contributed by atoms with Crippen molar-refractivity contribution in [1.29, 1.82) is 0 Å². The van der Waals surface area contributed by atoms with Crippen molar-refractivity contribution in [2.24, 2.45) is 0 Å². The Bertz CT molecular complexity index is 688. The molecule has 0 saturated heterocycles. The lowest BCUT2D eigenvalue weighted by Gasteiger charge is -2.07. The highest BCUT2D eigenvalue weighted by Gasteiger charge is 2.20. The highest BCUT2D eigenvalue weighted by molar-refractivity contribution is 8.13. The first-order valence-corrected chi connectivity index (χ1v) is 9.71. The van der Waals surface area contributed by atoms with E-state index in [2.05, 4.69) is 0 Å². The molecule has 1 aromatic rings. The van der Waals surface area contributed by atoms with Crippen LogP contribution in [0.15, 0.2) is 28.0 Å². The first-order valence-electron chi connectivity index (χ1n) is 5.51. The minimum Gasteiger partial charge on any atom is -0.460 e. The molecule has 10 heteroatoms. The van der Waals surface area contributed by atoms with Gasteiger partial charge in [0.1, 0.15) is 6.61 Å². The van der Waals surface area contributed by atoms with Crippen LogP contribution in [0.1, 0.15) is 10.4 Å². The van der Waals surface area contributed by atoms with Crippen LogP contribution in [0.5, 0.6) is 0 Å². The molecule has 0 aliphatic rings. The Balaban J connectivity index is 3.30. The van der Waals surface area contributed by atoms with Crippen LogP contribution in [0.2, 0.25) is 0 Å². The first kappa shape index (κ1) is 17.9. The maximum absolute atomic E-state index is 11.8. The number of sulfone groups is 1. The molecule has 0 radical (unpaired) electrons. The van der Waals surface area contributed by atoms with E-state index in [0.29, 0.717) is 0 Å². The van der Waals surface area contributed by atoms with Crippen LogP contribution in [0, 0.1) is 0 Å². The molecule has 0 spiro atoms. The Hall–Kier alpha value is -1.16. The molecule has 0 atom stereocenters. The van der Waals surface area contributed by atoms with Gasteiger partial charge < -0.3 is 9.47 Å². The van der Waals surface area contributed by atoms with Crippen LogP contribution in [0.25, 0.3) is 0 Å². The lowest BCUT2D eigenvalue weighted by Crippen LogP contribution is -2.12. The number of carbonyl (C=O) groups is 1. The summed E-state index contributed by atoms with van der Waals surface area (Å²) >= 11 is 0. The maximum Gasteiger partial charge on any atom is 0.338 e. The molecule has 0 N–H and O–H groups in total. The number of methoxy groups -OCH3 is 1. The fourth-order valence-electron chi connectivity index (χ4n) is 1.35. The second kappa shape index (κ2) is 6.73. The van der Waals surface area contributed by atoms with Crippen molar-refractivity contribution in [3.05, 3.63) is 23.8 Å². The van der Waals surface area contributed by atoms with Gasteiger partial charge in [-0.2, -0.15) is 0 Å². The van der Waals surface area contributed by atoms with E-state index in [1.54, 1.807) is 0 Å². The molecule has 0 bridgehead atoms. The number of hydrogen-bond donors (Lipinski definition) is 0. The van der Waals surface area contributed by atoms with Gasteiger partial charge in [-0.1, -0.05) is 0 Å². The summed E-state index contributed by atoms with van der Waals surface area (Å²) in [5.41, 5.74) is -0.228. The average molecular weight is 357 g/mol. The molecule has 0 unspecified atom stereocenters. The summed E-state index contributed by atoms with van der Waals surface area (Å²) in [6.45, 7) is 0.0968. The first-order chi connectivity index (χ1) is 9.55. The Morgan fingerprint density at radius 3 is 2.14 bits per heavy atom. The molecule has 0 saturated carbocycles. The lowest BCUT2D eigenvalue weighted by atomic mass is 10.2. The van der Waals surface area contributed by atoms with Gasteiger partial charge in [0.25, 0.3) is 9.05 Å². The van der Waals surface area contributed by atoms with Gasteiger partial charge in [0.05, 0.1) is 22.0 Å². The highest BCUT2D eigenvalue weighted by atomic mass is 35.7. The largest absolute Gasteiger partial charge is 0.460 e. The van der Waals surface area contributed by atoms with E-state index in [4.69, 9.17) is 20.2 Å². The lowest BCUT2D eigenvalue weighted by molar-refractivity contribution is 0.0387. The molecule has 1 rings (SSSR count). The Morgan fingerprint density at radius 2 is 1.67 bits per heavy atom. The third-order valence-electron chi connectivity index (χ3n) is 2.35. The van der Waals surface area contributed by atoms with E-state index in [-0.39, 0.29) is 23.7 Å². The summed E-state index contributed by atoms with van der Waals surface area (Å²) < 4.78 is 55.3. The fraction of sp³-hybridized carbons (Fsp3) is 0.364. The Morgan fingerprint density at radius 1 is 1.10 bits per heavy atom. The zero-order valence-electron chi connectivity index (χ0n) is 11.2. The van der Waals surface area contributed by atoms with Crippen molar-refractivity contribution in [1.82, 2.24) is 0 Å². The minimum absolute atomic E-state index is 0.0542. The number of esters is 1. The van der Waals surface area contributed by atoms with Crippen molar-refractivity contribution in [2.75, 3.05) is 26.6 Å². The van der Waals surface area contributed by atoms with Gasteiger partial charge in [0.2, 0.25) is 0 Å². The van der Waals surface area contributed by atoms with Crippen molar-refractivity contribution in [3.8, 4) is 0 Å². The van der Waals surface area contributed by atoms with Gasteiger partial charge in [-0.05, 0) is 18.2 Å². The maximum atomic E-state index is 11.8. The van der Waals surface area contributed by atoms with Gasteiger partial charge in [-0.15, -0.1) is 0 Å². The molecule has 118 valence electrons. The van der Waals surface area contributed by atoms with Crippen LogP contribution < -0.4 is 0 Å². The molecule has 0 amide bonds. The number of hydrogen-bond acceptors (Lipinski definition) is 7. The van der Waals surface area contributed by atoms with Crippen molar-refractivity contribution >= 4 is 35.5 Å². The molecule has 0 aliphatic heterocycles. The highest BCUT2D eigenvalue weighted by Crippen LogP contribution is 2.22. The molecule has 0 heterocycles. The summed E-state index contributed by atoms with van der Waals surface area (Å²) in [6, 6.07) is 2.85. The Kier molecular flexibility index (Phi) is 5.74. The summed E-state index contributed by atoms with van der Waals surface area (Å²) in [5, 5.41) is 0. The normalized spacial score (nSPS) is 12.1. The van der Waals surface area contributed by atoms with E-state index in [1.807, 2.05) is 0 Å². The van der Waals surface area contributed by atoms with Gasteiger partial charge >= 0.3 is 5.97 Å². The van der Waals surface area contributed by atoms with Crippen molar-refractivity contribution in [2.45, 2.75) is 9.79 Å². The molecule has 1 aromatic carbocycles. The number of benzene rings is 1. The molecular weight excluding hydrogens is 344 g/mol. The number of ether oxygens (including phenoxy) is 2. The predicted molar refractivity (Wildman–Crippen MR) is 74.7 cm³/mol. The van der Waals surface area contributed by atoms with Gasteiger partial charge in [-0.3, -0.25) is 0 Å². The summed E-state index contributed by atoms with van der Waals surface area (Å²) in [5.74, 6) is -0.876. The predicted octanol–water partition coefficient (Wildman–Crippen LogP) is 0.821. The van der Waals surface area contributed by atoms with Crippen LogP contribution in [-0.2, 0) is 28.4 Å². The van der Waals surface area contributed by atoms with Crippen molar-refractivity contribution < 1.29 is 31.1 Å². The zero-order valence-corrected chi connectivity index (χ0v) is 13.6. The van der Waals surface area contributed by atoms with Crippen LogP contribution in [0.3, 0.4) is 0 Å². The van der Waals surface area contributed by atoms with E-state index in [9.17, 15) is 21.6 Å². The SMILES string of the molecule is COCCOC(=O)c1cc(S(C)(=O)=O)cc(S(=O)(=O)Cl)c1. The fourth-order valence-corrected chi connectivity index (χ4v) is 2.90. The molecule has 21 heavy (non-hydrogen) atoms. The van der Waals surface area contributed by atoms with Crippen LogP contribution in [-0.4, -0.2) is 49.4 Å². The molecule has 0 aromatic heterocycles.